The summed E-state index contributed by atoms with van der Waals surface area (Å²) in [4.78, 5) is 14.2. The number of fused-ring (bicyclic) bond motifs is 1. The molecule has 112 valence electrons. The summed E-state index contributed by atoms with van der Waals surface area (Å²) >= 11 is 0. The van der Waals surface area contributed by atoms with Crippen molar-refractivity contribution in [2.45, 2.75) is 44.7 Å². The zero-order valence-corrected chi connectivity index (χ0v) is 13.0. The fourth-order valence-electron chi connectivity index (χ4n) is 4.10. The Morgan fingerprint density at radius 1 is 1.48 bits per heavy atom. The number of carbonyl (C=O) groups is 1. The molecule has 0 aliphatic carbocycles. The predicted octanol–water partition coefficient (Wildman–Crippen LogP) is 2.67. The van der Waals surface area contributed by atoms with Gasteiger partial charge in [-0.05, 0) is 43.4 Å². The summed E-state index contributed by atoms with van der Waals surface area (Å²) in [5.74, 6) is 0.306. The quantitative estimate of drug-likeness (QED) is 0.866. The smallest absolute Gasteiger partial charge is 0.223 e. The predicted molar refractivity (Wildman–Crippen MR) is 85.1 cm³/mol. The van der Waals surface area contributed by atoms with Gasteiger partial charge >= 0.3 is 0 Å². The average Bonchev–Trinajstić information content (AvgIpc) is 2.85. The molecule has 0 aromatic heterocycles. The zero-order valence-electron chi connectivity index (χ0n) is 13.0. The first kappa shape index (κ1) is 14.3. The molecule has 2 heterocycles. The molecule has 1 aromatic rings. The van der Waals surface area contributed by atoms with Crippen molar-refractivity contribution in [3.8, 4) is 0 Å². The fraction of sp³-hybridized carbons (Fsp3) is 0.500. The largest absolute Gasteiger partial charge is 0.336 e. The maximum absolute atomic E-state index is 12.2. The molecule has 2 aliphatic rings. The molecule has 1 amide bonds. The van der Waals surface area contributed by atoms with E-state index in [9.17, 15) is 4.79 Å². The Bertz CT molecular complexity index is 581. The summed E-state index contributed by atoms with van der Waals surface area (Å²) in [5.41, 5.74) is 3.78. The highest BCUT2D eigenvalue weighted by Gasteiger charge is 2.49. The standard InChI is InChI=1S/C18H24N2O/c1-4-10-18(15-7-5-6-13(2)14(15)3)16-8-9-17(21)20(16)12-11-19-18/h4-7,16,19H,1,8-12H2,2-3H3. The van der Waals surface area contributed by atoms with Gasteiger partial charge in [0.05, 0.1) is 11.6 Å². The lowest BCUT2D eigenvalue weighted by Crippen LogP contribution is -2.63. The third kappa shape index (κ3) is 2.11. The maximum Gasteiger partial charge on any atom is 0.223 e. The Morgan fingerprint density at radius 2 is 2.29 bits per heavy atom. The number of piperazine rings is 1. The molecule has 3 heteroatoms. The van der Waals surface area contributed by atoms with E-state index in [-0.39, 0.29) is 11.6 Å². The van der Waals surface area contributed by atoms with E-state index in [2.05, 4.69) is 48.8 Å². The molecule has 2 atom stereocenters. The van der Waals surface area contributed by atoms with Crippen LogP contribution >= 0.6 is 0 Å². The highest BCUT2D eigenvalue weighted by Crippen LogP contribution is 2.41. The van der Waals surface area contributed by atoms with Crippen LogP contribution in [0.2, 0.25) is 0 Å². The number of hydrogen-bond donors (Lipinski definition) is 1. The molecule has 0 radical (unpaired) electrons. The van der Waals surface area contributed by atoms with Gasteiger partial charge in [0, 0.05) is 19.5 Å². The summed E-state index contributed by atoms with van der Waals surface area (Å²) in [5, 5.41) is 3.74. The van der Waals surface area contributed by atoms with Crippen LogP contribution in [0.3, 0.4) is 0 Å². The number of aryl methyl sites for hydroxylation is 1. The Morgan fingerprint density at radius 3 is 3.05 bits per heavy atom. The lowest BCUT2D eigenvalue weighted by atomic mass is 9.75. The highest BCUT2D eigenvalue weighted by atomic mass is 16.2. The van der Waals surface area contributed by atoms with Crippen LogP contribution < -0.4 is 5.32 Å². The van der Waals surface area contributed by atoms with Gasteiger partial charge in [-0.25, -0.2) is 0 Å². The maximum atomic E-state index is 12.2. The van der Waals surface area contributed by atoms with Gasteiger partial charge in [0.1, 0.15) is 0 Å². The number of nitrogens with one attached hydrogen (secondary N) is 1. The lowest BCUT2D eigenvalue weighted by molar-refractivity contribution is -0.131. The molecule has 1 aromatic carbocycles. The van der Waals surface area contributed by atoms with Crippen LogP contribution in [-0.2, 0) is 10.3 Å². The van der Waals surface area contributed by atoms with Gasteiger partial charge < -0.3 is 10.2 Å². The molecule has 0 bridgehead atoms. The number of nitrogens with zero attached hydrogens (tertiary/aromatic N) is 1. The van der Waals surface area contributed by atoms with Crippen LogP contribution in [-0.4, -0.2) is 29.9 Å². The van der Waals surface area contributed by atoms with Gasteiger partial charge in [0.2, 0.25) is 5.91 Å². The molecule has 1 N–H and O–H groups in total. The van der Waals surface area contributed by atoms with Crippen LogP contribution in [0, 0.1) is 13.8 Å². The normalized spacial score (nSPS) is 28.6. The average molecular weight is 284 g/mol. The third-order valence-corrected chi connectivity index (χ3v) is 5.24. The van der Waals surface area contributed by atoms with Gasteiger partial charge in [0.25, 0.3) is 0 Å². The van der Waals surface area contributed by atoms with Crippen LogP contribution in [0.4, 0.5) is 0 Å². The molecule has 0 saturated carbocycles. The second kappa shape index (κ2) is 5.30. The van der Waals surface area contributed by atoms with E-state index in [4.69, 9.17) is 0 Å². The number of hydrogen-bond acceptors (Lipinski definition) is 2. The van der Waals surface area contributed by atoms with Crippen molar-refractivity contribution in [2.24, 2.45) is 0 Å². The molecular formula is C18H24N2O. The van der Waals surface area contributed by atoms with Gasteiger partial charge in [-0.3, -0.25) is 4.79 Å². The van der Waals surface area contributed by atoms with Crippen molar-refractivity contribution in [3.05, 3.63) is 47.5 Å². The number of rotatable bonds is 3. The molecule has 3 nitrogen and oxygen atoms in total. The second-order valence-corrected chi connectivity index (χ2v) is 6.28. The first-order valence-electron chi connectivity index (χ1n) is 7.82. The first-order valence-corrected chi connectivity index (χ1v) is 7.82. The van der Waals surface area contributed by atoms with E-state index in [1.54, 1.807) is 0 Å². The molecule has 3 rings (SSSR count). The monoisotopic (exact) mass is 284 g/mol. The zero-order chi connectivity index (χ0) is 15.0. The fourth-order valence-corrected chi connectivity index (χ4v) is 4.10. The van der Waals surface area contributed by atoms with Crippen LogP contribution in [0.5, 0.6) is 0 Å². The van der Waals surface area contributed by atoms with E-state index in [1.165, 1.54) is 16.7 Å². The summed E-state index contributed by atoms with van der Waals surface area (Å²) < 4.78 is 0. The van der Waals surface area contributed by atoms with E-state index < -0.39 is 0 Å². The van der Waals surface area contributed by atoms with Crippen molar-refractivity contribution in [2.75, 3.05) is 13.1 Å². The minimum Gasteiger partial charge on any atom is -0.336 e. The van der Waals surface area contributed by atoms with Gasteiger partial charge in [0.15, 0.2) is 0 Å². The topological polar surface area (TPSA) is 32.3 Å². The molecule has 2 fully saturated rings. The summed E-state index contributed by atoms with van der Waals surface area (Å²) in [6.07, 6.45) is 4.45. The minimum absolute atomic E-state index is 0.178. The minimum atomic E-state index is -0.178. The van der Waals surface area contributed by atoms with Gasteiger partial charge in [-0.1, -0.05) is 24.3 Å². The SMILES string of the molecule is C=CCC1(c2cccc(C)c2C)NCCN2C(=O)CCC21. The van der Waals surface area contributed by atoms with Crippen molar-refractivity contribution >= 4 is 5.91 Å². The van der Waals surface area contributed by atoms with Gasteiger partial charge in [-0.15, -0.1) is 6.58 Å². The van der Waals surface area contributed by atoms with Gasteiger partial charge in [-0.2, -0.15) is 0 Å². The molecule has 0 spiro atoms. The Balaban J connectivity index is 2.13. The van der Waals surface area contributed by atoms with E-state index in [1.807, 2.05) is 6.08 Å². The number of carbonyl (C=O) groups excluding carboxylic acids is 1. The van der Waals surface area contributed by atoms with E-state index >= 15 is 0 Å². The van der Waals surface area contributed by atoms with E-state index in [0.29, 0.717) is 12.3 Å². The second-order valence-electron chi connectivity index (χ2n) is 6.28. The molecule has 2 saturated heterocycles. The van der Waals surface area contributed by atoms with Crippen LogP contribution in [0.25, 0.3) is 0 Å². The van der Waals surface area contributed by atoms with Crippen molar-refractivity contribution in [1.29, 1.82) is 0 Å². The van der Waals surface area contributed by atoms with Crippen LogP contribution in [0.1, 0.15) is 36.0 Å². The number of benzene rings is 1. The molecular weight excluding hydrogens is 260 g/mol. The Labute approximate surface area is 127 Å². The third-order valence-electron chi connectivity index (χ3n) is 5.24. The Hall–Kier alpha value is -1.61. The first-order chi connectivity index (χ1) is 10.1. The Kier molecular flexibility index (Phi) is 3.62. The highest BCUT2D eigenvalue weighted by molar-refractivity contribution is 5.79. The van der Waals surface area contributed by atoms with Crippen LogP contribution in [0.15, 0.2) is 30.9 Å². The molecule has 2 aliphatic heterocycles. The number of amides is 1. The summed E-state index contributed by atoms with van der Waals surface area (Å²) in [7, 11) is 0. The van der Waals surface area contributed by atoms with Crippen molar-refractivity contribution in [3.63, 3.8) is 0 Å². The van der Waals surface area contributed by atoms with Crippen molar-refractivity contribution < 1.29 is 4.79 Å². The summed E-state index contributed by atoms with van der Waals surface area (Å²) in [6.45, 7) is 9.99. The molecule has 21 heavy (non-hydrogen) atoms. The summed E-state index contributed by atoms with van der Waals surface area (Å²) in [6, 6.07) is 6.74. The van der Waals surface area contributed by atoms with E-state index in [0.717, 1.165) is 25.9 Å². The van der Waals surface area contributed by atoms with Crippen molar-refractivity contribution in [1.82, 2.24) is 10.2 Å². The lowest BCUT2D eigenvalue weighted by Gasteiger charge is -2.49. The molecule has 2 unspecified atom stereocenters.